The van der Waals surface area contributed by atoms with E-state index in [0.717, 1.165) is 25.2 Å². The number of rotatable bonds is 16. The van der Waals surface area contributed by atoms with Crippen LogP contribution in [0.4, 0.5) is 0 Å². The zero-order valence-corrected chi connectivity index (χ0v) is 22.1. The van der Waals surface area contributed by atoms with Crippen LogP contribution in [0.25, 0.3) is 0 Å². The molecule has 1 saturated carbocycles. The number of carbonyl (C=O) groups is 2. The molecule has 0 aromatic heterocycles. The van der Waals surface area contributed by atoms with Gasteiger partial charge in [-0.25, -0.2) is 9.59 Å². The van der Waals surface area contributed by atoms with Crippen molar-refractivity contribution in [3.05, 3.63) is 35.4 Å². The molecular formula is C30H48O5. The minimum Gasteiger partial charge on any atom is -0.478 e. The standard InChI is InChI=1S/C16H22O4.C14H26O/c1-2-3-4-5-6-9-12-20-16(19)14-11-8-7-10-13(14)15(17)18;1-2-3-4-5-6-7-8-12-9-10-13-14(11-12)15-13/h7-8,10-11H,2-6,9,12H2,1H3,(H,17,18);12-14H,2-11H2,1H3. The fourth-order valence-electron chi connectivity index (χ4n) is 4.93. The molecule has 0 radical (unpaired) electrons. The molecule has 5 heteroatoms. The van der Waals surface area contributed by atoms with Crippen molar-refractivity contribution in [2.75, 3.05) is 6.61 Å². The van der Waals surface area contributed by atoms with Gasteiger partial charge in [-0.15, -0.1) is 0 Å². The number of aromatic carboxylic acids is 1. The largest absolute Gasteiger partial charge is 0.478 e. The summed E-state index contributed by atoms with van der Waals surface area (Å²) in [6.45, 7) is 4.80. The van der Waals surface area contributed by atoms with Crippen LogP contribution in [-0.2, 0) is 9.47 Å². The van der Waals surface area contributed by atoms with Crippen LogP contribution in [0.15, 0.2) is 24.3 Å². The fourth-order valence-corrected chi connectivity index (χ4v) is 4.93. The molecule has 3 unspecified atom stereocenters. The van der Waals surface area contributed by atoms with E-state index in [1.54, 1.807) is 12.1 Å². The average molecular weight is 489 g/mol. The lowest BCUT2D eigenvalue weighted by atomic mass is 9.85. The average Bonchev–Trinajstić information content (AvgIpc) is 3.65. The highest BCUT2D eigenvalue weighted by molar-refractivity contribution is 6.02. The van der Waals surface area contributed by atoms with Gasteiger partial charge in [0.05, 0.1) is 29.9 Å². The molecule has 2 fully saturated rings. The van der Waals surface area contributed by atoms with Crippen LogP contribution in [0, 0.1) is 5.92 Å². The number of hydrogen-bond donors (Lipinski definition) is 1. The summed E-state index contributed by atoms with van der Waals surface area (Å²) in [4.78, 5) is 22.8. The third-order valence-corrected chi connectivity index (χ3v) is 7.19. The second kappa shape index (κ2) is 17.5. The number of epoxide rings is 1. The molecule has 35 heavy (non-hydrogen) atoms. The van der Waals surface area contributed by atoms with Crippen LogP contribution < -0.4 is 0 Å². The number of carboxylic acid groups (broad SMARTS) is 1. The smallest absolute Gasteiger partial charge is 0.339 e. The summed E-state index contributed by atoms with van der Waals surface area (Å²) in [5.41, 5.74) is 0.103. The maximum atomic E-state index is 11.8. The Bertz CT molecular complexity index is 731. The minimum atomic E-state index is -1.11. The molecule has 1 aliphatic carbocycles. The van der Waals surface area contributed by atoms with Gasteiger partial charge in [0.1, 0.15) is 0 Å². The Balaban J connectivity index is 0.000000256. The van der Waals surface area contributed by atoms with Crippen LogP contribution in [0.1, 0.15) is 137 Å². The normalized spacial score (nSPS) is 20.3. The van der Waals surface area contributed by atoms with Crippen molar-refractivity contribution in [1.82, 2.24) is 0 Å². The van der Waals surface area contributed by atoms with E-state index in [0.29, 0.717) is 18.8 Å². The third kappa shape index (κ3) is 12.1. The molecule has 0 spiro atoms. The SMILES string of the molecule is CCCCCCCCC1CCC2OC2C1.CCCCCCCCOC(=O)c1ccccc1C(=O)O. The van der Waals surface area contributed by atoms with Gasteiger partial charge in [-0.2, -0.15) is 0 Å². The van der Waals surface area contributed by atoms with Crippen LogP contribution in [0.5, 0.6) is 0 Å². The molecule has 1 saturated heterocycles. The van der Waals surface area contributed by atoms with Crippen LogP contribution in [0.3, 0.4) is 0 Å². The van der Waals surface area contributed by atoms with E-state index < -0.39 is 11.9 Å². The van der Waals surface area contributed by atoms with Gasteiger partial charge in [0.2, 0.25) is 0 Å². The second-order valence-corrected chi connectivity index (χ2v) is 10.2. The van der Waals surface area contributed by atoms with Crippen molar-refractivity contribution >= 4 is 11.9 Å². The zero-order valence-electron chi connectivity index (χ0n) is 22.1. The van der Waals surface area contributed by atoms with E-state index in [2.05, 4.69) is 13.8 Å². The number of benzene rings is 1. The number of esters is 1. The highest BCUT2D eigenvalue weighted by Gasteiger charge is 2.43. The first-order valence-electron chi connectivity index (χ1n) is 14.2. The number of hydrogen-bond acceptors (Lipinski definition) is 4. The third-order valence-electron chi connectivity index (χ3n) is 7.19. The van der Waals surface area contributed by atoms with E-state index in [1.807, 2.05) is 0 Å². The molecule has 0 amide bonds. The maximum absolute atomic E-state index is 11.8. The van der Waals surface area contributed by atoms with Gasteiger partial charge >= 0.3 is 11.9 Å². The van der Waals surface area contributed by atoms with Crippen LogP contribution >= 0.6 is 0 Å². The lowest BCUT2D eigenvalue weighted by Crippen LogP contribution is -2.13. The zero-order chi connectivity index (χ0) is 25.3. The van der Waals surface area contributed by atoms with Gasteiger partial charge in [-0.1, -0.05) is 103 Å². The quantitative estimate of drug-likeness (QED) is 0.144. The van der Waals surface area contributed by atoms with Gasteiger partial charge in [-0.05, 0) is 43.7 Å². The van der Waals surface area contributed by atoms with E-state index in [4.69, 9.17) is 14.6 Å². The Labute approximate surface area is 213 Å². The maximum Gasteiger partial charge on any atom is 0.339 e. The van der Waals surface area contributed by atoms with E-state index in [1.165, 1.54) is 95.6 Å². The predicted octanol–water partition coefficient (Wildman–Crippen LogP) is 8.21. The molecule has 3 rings (SSSR count). The number of fused-ring (bicyclic) bond motifs is 1. The summed E-state index contributed by atoms with van der Waals surface area (Å²) in [5, 5.41) is 9.00. The van der Waals surface area contributed by atoms with E-state index >= 15 is 0 Å². The van der Waals surface area contributed by atoms with Crippen molar-refractivity contribution in [3.8, 4) is 0 Å². The summed E-state index contributed by atoms with van der Waals surface area (Å²) in [5.74, 6) is -0.673. The molecule has 198 valence electrons. The molecule has 1 aromatic rings. The van der Waals surface area contributed by atoms with Crippen LogP contribution in [0.2, 0.25) is 0 Å². The number of unbranched alkanes of at least 4 members (excludes halogenated alkanes) is 10. The van der Waals surface area contributed by atoms with Crippen molar-refractivity contribution in [2.45, 2.75) is 129 Å². The Morgan fingerprint density at radius 3 is 2.06 bits per heavy atom. The lowest BCUT2D eigenvalue weighted by molar-refractivity contribution is 0.0487. The lowest BCUT2D eigenvalue weighted by Gasteiger charge is -2.18. The van der Waals surface area contributed by atoms with Crippen molar-refractivity contribution in [2.24, 2.45) is 5.92 Å². The summed E-state index contributed by atoms with van der Waals surface area (Å²) >= 11 is 0. The molecular weight excluding hydrogens is 440 g/mol. The fraction of sp³-hybridized carbons (Fsp3) is 0.733. The summed E-state index contributed by atoms with van der Waals surface area (Å²) in [6.07, 6.45) is 22.3. The Hall–Kier alpha value is -1.88. The first-order valence-corrected chi connectivity index (χ1v) is 14.2. The van der Waals surface area contributed by atoms with Crippen molar-refractivity contribution in [3.63, 3.8) is 0 Å². The molecule has 2 aliphatic rings. The Morgan fingerprint density at radius 2 is 1.43 bits per heavy atom. The topological polar surface area (TPSA) is 76.1 Å². The first kappa shape index (κ1) is 29.4. The monoisotopic (exact) mass is 488 g/mol. The van der Waals surface area contributed by atoms with Gasteiger partial charge < -0.3 is 14.6 Å². The molecule has 1 aliphatic heterocycles. The molecule has 1 N–H and O–H groups in total. The Kier molecular flexibility index (Phi) is 14.7. The molecule has 3 atom stereocenters. The van der Waals surface area contributed by atoms with Gasteiger partial charge in [0.25, 0.3) is 0 Å². The number of ether oxygens (including phenoxy) is 2. The highest BCUT2D eigenvalue weighted by Crippen LogP contribution is 2.41. The van der Waals surface area contributed by atoms with Crippen LogP contribution in [-0.4, -0.2) is 35.9 Å². The summed E-state index contributed by atoms with van der Waals surface area (Å²) < 4.78 is 10.7. The highest BCUT2D eigenvalue weighted by atomic mass is 16.6. The minimum absolute atomic E-state index is 0.0135. The van der Waals surface area contributed by atoms with Gasteiger partial charge in [0, 0.05) is 0 Å². The van der Waals surface area contributed by atoms with Gasteiger partial charge in [0.15, 0.2) is 0 Å². The summed E-state index contributed by atoms with van der Waals surface area (Å²) in [7, 11) is 0. The second-order valence-electron chi connectivity index (χ2n) is 10.2. The molecule has 5 nitrogen and oxygen atoms in total. The van der Waals surface area contributed by atoms with E-state index in [9.17, 15) is 9.59 Å². The molecule has 0 bridgehead atoms. The van der Waals surface area contributed by atoms with Crippen molar-refractivity contribution < 1.29 is 24.2 Å². The predicted molar refractivity (Wildman–Crippen MR) is 141 cm³/mol. The number of carboxylic acids is 1. The van der Waals surface area contributed by atoms with Crippen molar-refractivity contribution in [1.29, 1.82) is 0 Å². The van der Waals surface area contributed by atoms with Gasteiger partial charge in [-0.3, -0.25) is 0 Å². The Morgan fingerprint density at radius 1 is 0.829 bits per heavy atom. The molecule has 1 aromatic carbocycles. The number of carbonyl (C=O) groups excluding carboxylic acids is 1. The first-order chi connectivity index (χ1) is 17.1. The molecule has 1 heterocycles. The van der Waals surface area contributed by atoms with E-state index in [-0.39, 0.29) is 11.1 Å². The summed E-state index contributed by atoms with van der Waals surface area (Å²) in [6, 6.07) is 6.11.